The van der Waals surface area contributed by atoms with Crippen molar-refractivity contribution in [1.82, 2.24) is 4.98 Å². The van der Waals surface area contributed by atoms with Crippen molar-refractivity contribution in [3.8, 4) is 6.07 Å². The monoisotopic (exact) mass is 252 g/mol. The van der Waals surface area contributed by atoms with Crippen molar-refractivity contribution in [1.29, 1.82) is 5.26 Å². The van der Waals surface area contributed by atoms with Crippen molar-refractivity contribution in [2.24, 2.45) is 0 Å². The summed E-state index contributed by atoms with van der Waals surface area (Å²) >= 11 is 0. The van der Waals surface area contributed by atoms with Gasteiger partial charge >= 0.3 is 0 Å². The summed E-state index contributed by atoms with van der Waals surface area (Å²) in [5.74, 6) is 0.850. The molecule has 0 amide bonds. The molecule has 96 valence electrons. The number of pyridine rings is 1. The van der Waals surface area contributed by atoms with Gasteiger partial charge < -0.3 is 10.6 Å². The van der Waals surface area contributed by atoms with Crippen LogP contribution in [0.1, 0.15) is 18.9 Å². The second kappa shape index (κ2) is 6.41. The minimum absolute atomic E-state index is 0.642. The lowest BCUT2D eigenvalue weighted by Crippen LogP contribution is -2.02. The molecule has 0 unspecified atom stereocenters. The van der Waals surface area contributed by atoms with Gasteiger partial charge in [0.25, 0.3) is 0 Å². The number of anilines is 3. The highest BCUT2D eigenvalue weighted by atomic mass is 15.0. The van der Waals surface area contributed by atoms with Crippen LogP contribution in [-0.4, -0.2) is 11.5 Å². The van der Waals surface area contributed by atoms with E-state index in [0.717, 1.165) is 30.2 Å². The molecule has 2 N–H and O–H groups in total. The molecule has 0 aliphatic rings. The summed E-state index contributed by atoms with van der Waals surface area (Å²) in [6.45, 7) is 3.02. The topological polar surface area (TPSA) is 60.7 Å². The van der Waals surface area contributed by atoms with Gasteiger partial charge in [-0.2, -0.15) is 5.26 Å². The predicted molar refractivity (Wildman–Crippen MR) is 77.5 cm³/mol. The third kappa shape index (κ3) is 3.71. The second-order valence-corrected chi connectivity index (χ2v) is 4.17. The number of nitrogens with zero attached hydrogens (tertiary/aromatic N) is 2. The molecule has 2 aromatic rings. The Morgan fingerprint density at radius 1 is 1.21 bits per heavy atom. The van der Waals surface area contributed by atoms with Gasteiger partial charge in [0.05, 0.1) is 11.6 Å². The van der Waals surface area contributed by atoms with Crippen LogP contribution >= 0.6 is 0 Å². The SMILES string of the molecule is CCCNc1cc(Nc2cccc(C#N)c2)ccn1. The van der Waals surface area contributed by atoms with E-state index < -0.39 is 0 Å². The number of hydrogen-bond donors (Lipinski definition) is 2. The lowest BCUT2D eigenvalue weighted by Gasteiger charge is -2.09. The van der Waals surface area contributed by atoms with E-state index in [2.05, 4.69) is 28.6 Å². The summed E-state index contributed by atoms with van der Waals surface area (Å²) in [6.07, 6.45) is 2.82. The van der Waals surface area contributed by atoms with E-state index in [-0.39, 0.29) is 0 Å². The normalized spacial score (nSPS) is 9.68. The van der Waals surface area contributed by atoms with E-state index in [1.807, 2.05) is 30.3 Å². The molecule has 0 aliphatic heterocycles. The number of nitriles is 1. The molecule has 0 spiro atoms. The van der Waals surface area contributed by atoms with Gasteiger partial charge in [-0.05, 0) is 30.7 Å². The van der Waals surface area contributed by atoms with E-state index in [0.29, 0.717) is 5.56 Å². The maximum absolute atomic E-state index is 8.87. The van der Waals surface area contributed by atoms with Crippen LogP contribution in [0.4, 0.5) is 17.2 Å². The molecule has 19 heavy (non-hydrogen) atoms. The van der Waals surface area contributed by atoms with Gasteiger partial charge in [0.1, 0.15) is 5.82 Å². The third-order valence-electron chi connectivity index (χ3n) is 2.60. The lowest BCUT2D eigenvalue weighted by molar-refractivity contribution is 0.969. The van der Waals surface area contributed by atoms with Gasteiger partial charge in [-0.3, -0.25) is 0 Å². The Labute approximate surface area is 113 Å². The van der Waals surface area contributed by atoms with Crippen LogP contribution < -0.4 is 10.6 Å². The van der Waals surface area contributed by atoms with Gasteiger partial charge in [0.15, 0.2) is 0 Å². The number of aromatic nitrogens is 1. The van der Waals surface area contributed by atoms with E-state index >= 15 is 0 Å². The molecule has 2 rings (SSSR count). The first-order valence-corrected chi connectivity index (χ1v) is 6.29. The zero-order valence-corrected chi connectivity index (χ0v) is 10.9. The Hall–Kier alpha value is -2.54. The highest BCUT2D eigenvalue weighted by molar-refractivity contribution is 5.63. The molecular weight excluding hydrogens is 236 g/mol. The first kappa shape index (κ1) is 12.9. The maximum atomic E-state index is 8.87. The molecule has 0 saturated heterocycles. The second-order valence-electron chi connectivity index (χ2n) is 4.17. The smallest absolute Gasteiger partial charge is 0.127 e. The molecule has 4 nitrogen and oxygen atoms in total. The molecule has 0 radical (unpaired) electrons. The van der Waals surface area contributed by atoms with Crippen LogP contribution in [0.2, 0.25) is 0 Å². The van der Waals surface area contributed by atoms with Crippen LogP contribution in [-0.2, 0) is 0 Å². The van der Waals surface area contributed by atoms with Crippen LogP contribution in [0, 0.1) is 11.3 Å². The summed E-state index contributed by atoms with van der Waals surface area (Å²) < 4.78 is 0. The minimum atomic E-state index is 0.642. The van der Waals surface area contributed by atoms with Crippen molar-refractivity contribution in [2.75, 3.05) is 17.2 Å². The highest BCUT2D eigenvalue weighted by Crippen LogP contribution is 2.19. The van der Waals surface area contributed by atoms with Crippen molar-refractivity contribution >= 4 is 17.2 Å². The molecule has 0 bridgehead atoms. The fourth-order valence-electron chi connectivity index (χ4n) is 1.69. The van der Waals surface area contributed by atoms with Crippen LogP contribution in [0.15, 0.2) is 42.6 Å². The Kier molecular flexibility index (Phi) is 4.35. The van der Waals surface area contributed by atoms with Gasteiger partial charge in [-0.25, -0.2) is 4.98 Å². The number of benzene rings is 1. The first-order chi connectivity index (χ1) is 9.31. The van der Waals surface area contributed by atoms with Crippen molar-refractivity contribution in [3.63, 3.8) is 0 Å². The summed E-state index contributed by atoms with van der Waals surface area (Å²) in [4.78, 5) is 4.25. The highest BCUT2D eigenvalue weighted by Gasteiger charge is 1.99. The molecule has 4 heteroatoms. The summed E-state index contributed by atoms with van der Waals surface area (Å²) in [5.41, 5.74) is 2.48. The lowest BCUT2D eigenvalue weighted by atomic mass is 10.2. The van der Waals surface area contributed by atoms with Gasteiger partial charge in [-0.1, -0.05) is 13.0 Å². The Bertz CT molecular complexity index is 587. The number of nitrogens with one attached hydrogen (secondary N) is 2. The maximum Gasteiger partial charge on any atom is 0.127 e. The summed E-state index contributed by atoms with van der Waals surface area (Å²) in [5, 5.41) is 15.4. The molecule has 1 heterocycles. The first-order valence-electron chi connectivity index (χ1n) is 6.29. The molecule has 0 saturated carbocycles. The fourth-order valence-corrected chi connectivity index (χ4v) is 1.69. The average molecular weight is 252 g/mol. The molecule has 0 atom stereocenters. The fraction of sp³-hybridized carbons (Fsp3) is 0.200. The Morgan fingerprint density at radius 3 is 2.84 bits per heavy atom. The Morgan fingerprint density at radius 2 is 2.05 bits per heavy atom. The number of rotatable bonds is 5. The molecule has 0 aliphatic carbocycles. The van der Waals surface area contributed by atoms with Gasteiger partial charge in [0.2, 0.25) is 0 Å². The van der Waals surface area contributed by atoms with E-state index in [4.69, 9.17) is 5.26 Å². The standard InChI is InChI=1S/C15H16N4/c1-2-7-17-15-10-14(6-8-18-15)19-13-5-3-4-12(9-13)11-16/h3-6,8-10H,2,7H2,1H3,(H2,17,18,19). The number of hydrogen-bond acceptors (Lipinski definition) is 4. The summed E-state index contributed by atoms with van der Waals surface area (Å²) in [7, 11) is 0. The van der Waals surface area contributed by atoms with Crippen LogP contribution in [0.25, 0.3) is 0 Å². The zero-order valence-electron chi connectivity index (χ0n) is 10.9. The third-order valence-corrected chi connectivity index (χ3v) is 2.60. The average Bonchev–Trinajstić information content (AvgIpc) is 2.46. The molecule has 1 aromatic heterocycles. The van der Waals surface area contributed by atoms with E-state index in [1.165, 1.54) is 0 Å². The zero-order chi connectivity index (χ0) is 13.5. The van der Waals surface area contributed by atoms with E-state index in [1.54, 1.807) is 12.3 Å². The van der Waals surface area contributed by atoms with Crippen molar-refractivity contribution < 1.29 is 0 Å². The minimum Gasteiger partial charge on any atom is -0.370 e. The van der Waals surface area contributed by atoms with E-state index in [9.17, 15) is 0 Å². The predicted octanol–water partition coefficient (Wildman–Crippen LogP) is 3.52. The molecular formula is C15H16N4. The molecule has 1 aromatic carbocycles. The van der Waals surface area contributed by atoms with Crippen molar-refractivity contribution in [2.45, 2.75) is 13.3 Å². The largest absolute Gasteiger partial charge is 0.370 e. The van der Waals surface area contributed by atoms with Crippen molar-refractivity contribution in [3.05, 3.63) is 48.2 Å². The van der Waals surface area contributed by atoms with Crippen LogP contribution in [0.3, 0.4) is 0 Å². The van der Waals surface area contributed by atoms with Gasteiger partial charge in [0, 0.05) is 30.2 Å². The molecule has 0 fully saturated rings. The quantitative estimate of drug-likeness (QED) is 0.854. The summed E-state index contributed by atoms with van der Waals surface area (Å²) in [6, 6.07) is 13.4. The van der Waals surface area contributed by atoms with Crippen LogP contribution in [0.5, 0.6) is 0 Å². The Balaban J connectivity index is 2.12. The van der Waals surface area contributed by atoms with Gasteiger partial charge in [-0.15, -0.1) is 0 Å².